The van der Waals surface area contributed by atoms with Crippen LogP contribution in [0.5, 0.6) is 0 Å². The lowest BCUT2D eigenvalue weighted by Gasteiger charge is -2.16. The predicted molar refractivity (Wildman–Crippen MR) is 100 cm³/mol. The summed E-state index contributed by atoms with van der Waals surface area (Å²) in [6.45, 7) is 2.91. The van der Waals surface area contributed by atoms with Gasteiger partial charge in [0.25, 0.3) is 0 Å². The minimum atomic E-state index is -1.13. The molecule has 2 aromatic rings. The maximum Gasteiger partial charge on any atom is 0.314 e. The number of nitrogens with one attached hydrogen (secondary N) is 2. The molecule has 0 aromatic carbocycles. The number of aliphatic hydroxyl groups excluding tert-OH is 2. The number of nitrogens with zero attached hydrogens (tertiary/aromatic N) is 4. The van der Waals surface area contributed by atoms with Gasteiger partial charge in [-0.1, -0.05) is 0 Å². The Morgan fingerprint density at radius 1 is 1.33 bits per heavy atom. The number of nitrogens with two attached hydrogens (primary N) is 1. The molecular formula is C15H23N7O4S. The van der Waals surface area contributed by atoms with Gasteiger partial charge in [-0.15, -0.1) is 0 Å². The van der Waals surface area contributed by atoms with E-state index in [0.29, 0.717) is 35.8 Å². The van der Waals surface area contributed by atoms with Gasteiger partial charge in [-0.3, -0.25) is 4.57 Å². The molecule has 0 radical (unpaired) electrons. The number of anilines is 1. The monoisotopic (exact) mass is 397 g/mol. The molecular weight excluding hydrogens is 374 g/mol. The highest BCUT2D eigenvalue weighted by atomic mass is 32.2. The van der Waals surface area contributed by atoms with Crippen molar-refractivity contribution in [1.29, 1.82) is 0 Å². The van der Waals surface area contributed by atoms with Crippen LogP contribution in [0.4, 0.5) is 10.6 Å². The Bertz CT molecular complexity index is 789. The van der Waals surface area contributed by atoms with E-state index in [1.54, 1.807) is 4.57 Å². The average Bonchev–Trinajstić information content (AvgIpc) is 3.19. The fraction of sp³-hybridized carbons (Fsp3) is 0.600. The summed E-state index contributed by atoms with van der Waals surface area (Å²) >= 11 is 1.51. The molecule has 2 aromatic heterocycles. The fourth-order valence-corrected chi connectivity index (χ4v) is 3.73. The Morgan fingerprint density at radius 3 is 2.93 bits per heavy atom. The number of hydrogen-bond donors (Lipinski definition) is 5. The van der Waals surface area contributed by atoms with Gasteiger partial charge in [0.1, 0.15) is 24.1 Å². The van der Waals surface area contributed by atoms with Crippen molar-refractivity contribution in [3.8, 4) is 0 Å². The number of urea groups is 1. The predicted octanol–water partition coefficient (Wildman–Crippen LogP) is -0.920. The second kappa shape index (κ2) is 8.69. The number of aromatic nitrogens is 4. The van der Waals surface area contributed by atoms with E-state index in [9.17, 15) is 15.0 Å². The van der Waals surface area contributed by atoms with Gasteiger partial charge in [0.2, 0.25) is 0 Å². The number of carbonyl (C=O) groups is 1. The molecule has 6 N–H and O–H groups in total. The largest absolute Gasteiger partial charge is 0.387 e. The van der Waals surface area contributed by atoms with Crippen LogP contribution in [-0.2, 0) is 4.74 Å². The second-order valence-corrected chi connectivity index (χ2v) is 7.14. The van der Waals surface area contributed by atoms with E-state index in [2.05, 4.69) is 25.6 Å². The number of aliphatic hydroxyl groups is 2. The van der Waals surface area contributed by atoms with Crippen LogP contribution in [-0.4, -0.2) is 78.7 Å². The zero-order valence-electron chi connectivity index (χ0n) is 14.8. The third-order valence-electron chi connectivity index (χ3n) is 4.15. The van der Waals surface area contributed by atoms with Crippen LogP contribution in [0, 0.1) is 0 Å². The van der Waals surface area contributed by atoms with E-state index < -0.39 is 24.5 Å². The number of fused-ring (bicyclic) bond motifs is 1. The summed E-state index contributed by atoms with van der Waals surface area (Å²) in [5.74, 6) is 1.36. The molecule has 2 amide bonds. The van der Waals surface area contributed by atoms with E-state index in [1.165, 1.54) is 24.4 Å². The number of imidazole rings is 1. The van der Waals surface area contributed by atoms with Gasteiger partial charge in [0.15, 0.2) is 17.7 Å². The Hall–Kier alpha value is -2.15. The number of amides is 2. The third kappa shape index (κ3) is 4.24. The van der Waals surface area contributed by atoms with Crippen molar-refractivity contribution in [2.45, 2.75) is 31.5 Å². The van der Waals surface area contributed by atoms with Gasteiger partial charge >= 0.3 is 6.03 Å². The lowest BCUT2D eigenvalue weighted by Crippen LogP contribution is -2.36. The maximum atomic E-state index is 11.3. The first-order valence-corrected chi connectivity index (χ1v) is 9.72. The van der Waals surface area contributed by atoms with Gasteiger partial charge < -0.3 is 31.3 Å². The van der Waals surface area contributed by atoms with Crippen molar-refractivity contribution < 1.29 is 19.7 Å². The standard InChI is InChI=1S/C15H23N7O4S/c1-2-17-15(25)18-3-4-27-5-8-10(23)11(24)14(26-8)22-7-21-9-12(16)19-6-20-13(9)22/h6-8,10-11,14,23-24H,2-5H2,1H3,(H2,16,19,20)(H2,17,18,25). The Labute approximate surface area is 159 Å². The average molecular weight is 397 g/mol. The highest BCUT2D eigenvalue weighted by molar-refractivity contribution is 7.99. The number of nitrogen functional groups attached to an aromatic ring is 1. The van der Waals surface area contributed by atoms with Crippen molar-refractivity contribution in [2.75, 3.05) is 30.3 Å². The van der Waals surface area contributed by atoms with Gasteiger partial charge in [-0.2, -0.15) is 11.8 Å². The Balaban J connectivity index is 1.56. The number of hydrogen-bond acceptors (Lipinski definition) is 9. The number of rotatable bonds is 7. The molecule has 0 aliphatic carbocycles. The first-order valence-electron chi connectivity index (χ1n) is 8.57. The smallest absolute Gasteiger partial charge is 0.314 e. The number of ether oxygens (including phenoxy) is 1. The highest BCUT2D eigenvalue weighted by Crippen LogP contribution is 2.33. The summed E-state index contributed by atoms with van der Waals surface area (Å²) in [6.07, 6.45) is -0.785. The molecule has 1 aliphatic heterocycles. The van der Waals surface area contributed by atoms with E-state index in [0.717, 1.165) is 0 Å². The van der Waals surface area contributed by atoms with Gasteiger partial charge in [0.05, 0.1) is 12.4 Å². The van der Waals surface area contributed by atoms with Gasteiger partial charge in [-0.05, 0) is 6.92 Å². The van der Waals surface area contributed by atoms with Crippen molar-refractivity contribution in [1.82, 2.24) is 30.2 Å². The first-order chi connectivity index (χ1) is 13.0. The van der Waals surface area contributed by atoms with Crippen LogP contribution in [0.2, 0.25) is 0 Å². The van der Waals surface area contributed by atoms with Crippen LogP contribution in [0.15, 0.2) is 12.7 Å². The van der Waals surface area contributed by atoms with Crippen LogP contribution in [0.25, 0.3) is 11.2 Å². The normalized spacial score (nSPS) is 25.0. The molecule has 12 heteroatoms. The summed E-state index contributed by atoms with van der Waals surface area (Å²) in [5, 5.41) is 26.1. The van der Waals surface area contributed by atoms with E-state index in [-0.39, 0.29) is 11.8 Å². The van der Waals surface area contributed by atoms with Crippen LogP contribution >= 0.6 is 11.8 Å². The first kappa shape index (κ1) is 19.6. The molecule has 0 spiro atoms. The molecule has 3 heterocycles. The second-order valence-electron chi connectivity index (χ2n) is 5.99. The molecule has 11 nitrogen and oxygen atoms in total. The summed E-state index contributed by atoms with van der Waals surface area (Å²) in [7, 11) is 0. The number of thioether (sulfide) groups is 1. The van der Waals surface area contributed by atoms with Crippen LogP contribution < -0.4 is 16.4 Å². The van der Waals surface area contributed by atoms with Crippen molar-refractivity contribution in [2.24, 2.45) is 0 Å². The van der Waals surface area contributed by atoms with Gasteiger partial charge in [0, 0.05) is 24.6 Å². The summed E-state index contributed by atoms with van der Waals surface area (Å²) in [4.78, 5) is 23.5. The van der Waals surface area contributed by atoms with Crippen LogP contribution in [0.1, 0.15) is 13.2 Å². The van der Waals surface area contributed by atoms with Crippen molar-refractivity contribution in [3.63, 3.8) is 0 Å². The molecule has 1 saturated heterocycles. The maximum absolute atomic E-state index is 11.3. The Kier molecular flexibility index (Phi) is 6.31. The lowest BCUT2D eigenvalue weighted by molar-refractivity contribution is -0.0289. The lowest BCUT2D eigenvalue weighted by atomic mass is 10.1. The third-order valence-corrected chi connectivity index (χ3v) is 5.21. The van der Waals surface area contributed by atoms with Crippen molar-refractivity contribution >= 4 is 34.8 Å². The zero-order chi connectivity index (χ0) is 19.4. The summed E-state index contributed by atoms with van der Waals surface area (Å²) in [6, 6.07) is -0.209. The highest BCUT2D eigenvalue weighted by Gasteiger charge is 2.44. The molecule has 1 fully saturated rings. The molecule has 3 rings (SSSR count). The Morgan fingerprint density at radius 2 is 2.15 bits per heavy atom. The molecule has 0 bridgehead atoms. The van der Waals surface area contributed by atoms with E-state index >= 15 is 0 Å². The summed E-state index contributed by atoms with van der Waals surface area (Å²) in [5.41, 5.74) is 6.62. The van der Waals surface area contributed by atoms with E-state index in [4.69, 9.17) is 10.5 Å². The van der Waals surface area contributed by atoms with Crippen molar-refractivity contribution in [3.05, 3.63) is 12.7 Å². The molecule has 4 atom stereocenters. The minimum Gasteiger partial charge on any atom is -0.387 e. The molecule has 0 saturated carbocycles. The zero-order valence-corrected chi connectivity index (χ0v) is 15.6. The molecule has 4 unspecified atom stereocenters. The van der Waals surface area contributed by atoms with Crippen LogP contribution in [0.3, 0.4) is 0 Å². The van der Waals surface area contributed by atoms with Gasteiger partial charge in [-0.25, -0.2) is 19.7 Å². The molecule has 148 valence electrons. The number of carbonyl (C=O) groups excluding carboxylic acids is 1. The topological polar surface area (TPSA) is 160 Å². The molecule has 27 heavy (non-hydrogen) atoms. The van der Waals surface area contributed by atoms with E-state index in [1.807, 2.05) is 6.92 Å². The minimum absolute atomic E-state index is 0.209. The SMILES string of the molecule is CCNC(=O)NCCSCC1OC(n2cnc3c(N)ncnc32)C(O)C1O. The quantitative estimate of drug-likeness (QED) is 0.372. The fourth-order valence-electron chi connectivity index (χ4n) is 2.81. The molecule has 1 aliphatic rings. The summed E-state index contributed by atoms with van der Waals surface area (Å²) < 4.78 is 7.39.